The zero-order chi connectivity index (χ0) is 24.0. The Morgan fingerprint density at radius 1 is 1.03 bits per heavy atom. The topological polar surface area (TPSA) is 90.0 Å². The fourth-order valence-corrected chi connectivity index (χ4v) is 7.40. The van der Waals surface area contributed by atoms with Gasteiger partial charge in [-0.2, -0.15) is 0 Å². The molecule has 4 rings (SSSR count). The Kier molecular flexibility index (Phi) is 7.01. The van der Waals surface area contributed by atoms with E-state index < -0.39 is 30.5 Å². The van der Waals surface area contributed by atoms with Crippen LogP contribution in [0.1, 0.15) is 37.0 Å². The maximum absolute atomic E-state index is 13.4. The van der Waals surface area contributed by atoms with E-state index in [4.69, 9.17) is 9.47 Å². The molecule has 9 heteroatoms. The van der Waals surface area contributed by atoms with Crippen molar-refractivity contribution in [3.8, 4) is 5.75 Å². The minimum Gasteiger partial charge on any atom is -0.497 e. The second-order valence-corrected chi connectivity index (χ2v) is 11.6. The van der Waals surface area contributed by atoms with Crippen LogP contribution in [-0.4, -0.2) is 57.9 Å². The Labute approximate surface area is 209 Å². The van der Waals surface area contributed by atoms with Crippen molar-refractivity contribution < 1.29 is 28.7 Å². The maximum atomic E-state index is 13.4. The average molecular weight is 585 g/mol. The number of benzene rings is 1. The zero-order valence-electron chi connectivity index (χ0n) is 18.7. The van der Waals surface area contributed by atoms with Gasteiger partial charge in [-0.15, -0.1) is 0 Å². The number of Topliss-reactive ketones (excluding diaryl/α,β-unsaturated/α-hetero) is 1. The molecule has 1 heterocycles. The van der Waals surface area contributed by atoms with Crippen LogP contribution in [0.15, 0.2) is 24.3 Å². The second-order valence-electron chi connectivity index (χ2n) is 9.46. The number of amides is 2. The fraction of sp³-hybridized carbons (Fsp3) is 0.583. The summed E-state index contributed by atoms with van der Waals surface area (Å²) in [6.07, 6.45) is 1.11. The first-order valence-corrected chi connectivity index (χ1v) is 13.0. The van der Waals surface area contributed by atoms with Crippen LogP contribution in [0.4, 0.5) is 0 Å². The molecule has 0 aromatic heterocycles. The molecular weight excluding hydrogens is 558 g/mol. The van der Waals surface area contributed by atoms with Gasteiger partial charge in [-0.1, -0.05) is 45.7 Å². The van der Waals surface area contributed by atoms with Crippen molar-refractivity contribution in [2.24, 2.45) is 29.6 Å². The molecule has 0 unspecified atom stereocenters. The summed E-state index contributed by atoms with van der Waals surface area (Å²) in [5.41, 5.74) is 0.384. The van der Waals surface area contributed by atoms with Gasteiger partial charge in [0.15, 0.2) is 12.4 Å². The van der Waals surface area contributed by atoms with Crippen molar-refractivity contribution in [1.82, 2.24) is 4.90 Å². The monoisotopic (exact) mass is 583 g/mol. The predicted octanol–water partition coefficient (Wildman–Crippen LogP) is 3.61. The lowest BCUT2D eigenvalue weighted by Crippen LogP contribution is -2.48. The van der Waals surface area contributed by atoms with E-state index >= 15 is 0 Å². The summed E-state index contributed by atoms with van der Waals surface area (Å²) in [5.74, 6) is -1.66. The van der Waals surface area contributed by atoms with Crippen LogP contribution in [0.2, 0.25) is 0 Å². The molecular formula is C24H27Br2NO6. The number of imide groups is 1. The van der Waals surface area contributed by atoms with Gasteiger partial charge in [0.2, 0.25) is 11.8 Å². The first-order chi connectivity index (χ1) is 15.6. The number of halogens is 2. The summed E-state index contributed by atoms with van der Waals surface area (Å²) in [7, 11) is 1.53. The van der Waals surface area contributed by atoms with Gasteiger partial charge in [-0.25, -0.2) is 4.79 Å². The Bertz CT molecular complexity index is 932. The van der Waals surface area contributed by atoms with Crippen LogP contribution in [-0.2, 0) is 19.1 Å². The number of carbonyl (C=O) groups is 4. The molecule has 33 heavy (non-hydrogen) atoms. The van der Waals surface area contributed by atoms with Gasteiger partial charge in [0.1, 0.15) is 11.8 Å². The first-order valence-electron chi connectivity index (χ1n) is 11.1. The van der Waals surface area contributed by atoms with E-state index in [1.165, 1.54) is 7.11 Å². The van der Waals surface area contributed by atoms with Gasteiger partial charge >= 0.3 is 5.97 Å². The summed E-state index contributed by atoms with van der Waals surface area (Å²) < 4.78 is 10.4. The molecule has 178 valence electrons. The molecule has 0 spiro atoms. The van der Waals surface area contributed by atoms with E-state index in [-0.39, 0.29) is 51.4 Å². The zero-order valence-corrected chi connectivity index (χ0v) is 21.9. The molecule has 2 aliphatic carbocycles. The Balaban J connectivity index is 1.48. The first kappa shape index (κ1) is 24.4. The van der Waals surface area contributed by atoms with Crippen molar-refractivity contribution in [2.75, 3.05) is 13.7 Å². The molecule has 0 N–H and O–H groups in total. The van der Waals surface area contributed by atoms with Crippen molar-refractivity contribution >= 4 is 55.4 Å². The molecule has 2 bridgehead atoms. The number of ether oxygens (including phenoxy) is 2. The normalized spacial score (nSPS) is 31.2. The quantitative estimate of drug-likeness (QED) is 0.201. The number of hydrogen-bond donors (Lipinski definition) is 0. The Hall–Kier alpha value is -1.74. The smallest absolute Gasteiger partial charge is 0.329 e. The lowest BCUT2D eigenvalue weighted by atomic mass is 9.81. The highest BCUT2D eigenvalue weighted by molar-refractivity contribution is 9.12. The molecule has 7 nitrogen and oxygen atoms in total. The third-order valence-corrected chi connectivity index (χ3v) is 10.3. The number of hydrogen-bond acceptors (Lipinski definition) is 6. The molecule has 0 radical (unpaired) electrons. The van der Waals surface area contributed by atoms with Crippen molar-refractivity contribution in [3.63, 3.8) is 0 Å². The molecule has 1 saturated heterocycles. The largest absolute Gasteiger partial charge is 0.497 e. The van der Waals surface area contributed by atoms with E-state index in [1.807, 2.05) is 13.8 Å². The minimum atomic E-state index is -1.03. The number of carbonyl (C=O) groups excluding carboxylic acids is 4. The van der Waals surface area contributed by atoms with Crippen LogP contribution in [0.3, 0.4) is 0 Å². The van der Waals surface area contributed by atoms with Crippen LogP contribution in [0, 0.1) is 29.6 Å². The molecule has 1 aromatic carbocycles. The Morgan fingerprint density at radius 2 is 1.58 bits per heavy atom. The number of rotatable bonds is 8. The molecule has 1 aromatic rings. The van der Waals surface area contributed by atoms with Crippen molar-refractivity contribution in [3.05, 3.63) is 29.8 Å². The summed E-state index contributed by atoms with van der Waals surface area (Å²) in [6.45, 7) is 3.38. The highest BCUT2D eigenvalue weighted by atomic mass is 79.9. The van der Waals surface area contributed by atoms with Gasteiger partial charge in [-0.05, 0) is 54.9 Å². The third kappa shape index (κ3) is 4.27. The number of methoxy groups -OCH3 is 1. The number of nitrogens with zero attached hydrogens (tertiary/aromatic N) is 1. The van der Waals surface area contributed by atoms with E-state index in [0.29, 0.717) is 11.3 Å². The molecule has 3 fully saturated rings. The minimum absolute atomic E-state index is 0.0467. The number of likely N-dealkylation sites (tertiary alicyclic amines) is 1. The standard InChI is InChI=1S/C24H27Br2NO6/c1-11(2)8-16(24(31)33-10-17(28)12-4-6-13(32-3)7-5-12)27-22(29)18-14-9-15(19(18)23(27)30)21(26)20(14)25/h4-7,11,14-16,18-21H,8-10H2,1-3H3/t14-,15-,16+,18-,19+,20-,21+/m0/s1. The van der Waals surface area contributed by atoms with Gasteiger partial charge in [0.25, 0.3) is 0 Å². The lowest BCUT2D eigenvalue weighted by molar-refractivity contribution is -0.159. The van der Waals surface area contributed by atoms with Gasteiger partial charge in [0.05, 0.1) is 18.9 Å². The van der Waals surface area contributed by atoms with Crippen molar-refractivity contribution in [1.29, 1.82) is 0 Å². The van der Waals surface area contributed by atoms with E-state index in [1.54, 1.807) is 24.3 Å². The highest BCUT2D eigenvalue weighted by Crippen LogP contribution is 2.60. The number of esters is 1. The SMILES string of the molecule is COc1ccc(C(=O)COC(=O)[C@@H](CC(C)C)N2C(=O)[C@@H]3[C@@H]4C[C@H]([C@H](Br)[C@@H]4Br)[C@@H]3C2=O)cc1. The predicted molar refractivity (Wildman–Crippen MR) is 127 cm³/mol. The average Bonchev–Trinajstić information content (AvgIpc) is 3.40. The fourth-order valence-electron chi connectivity index (χ4n) is 5.53. The van der Waals surface area contributed by atoms with Gasteiger partial charge < -0.3 is 9.47 Å². The van der Waals surface area contributed by atoms with Gasteiger partial charge in [-0.3, -0.25) is 19.3 Å². The summed E-state index contributed by atoms with van der Waals surface area (Å²) >= 11 is 7.35. The summed E-state index contributed by atoms with van der Waals surface area (Å²) in [6, 6.07) is 5.47. The van der Waals surface area contributed by atoms with Crippen LogP contribution in [0.5, 0.6) is 5.75 Å². The summed E-state index contributed by atoms with van der Waals surface area (Å²) in [4.78, 5) is 53.7. The number of alkyl halides is 2. The van der Waals surface area contributed by atoms with E-state index in [2.05, 4.69) is 31.9 Å². The molecule has 2 saturated carbocycles. The van der Waals surface area contributed by atoms with Gasteiger partial charge in [0, 0.05) is 15.2 Å². The number of fused-ring (bicyclic) bond motifs is 5. The second kappa shape index (κ2) is 9.49. The molecule has 7 atom stereocenters. The van der Waals surface area contributed by atoms with Crippen molar-refractivity contribution in [2.45, 2.75) is 42.4 Å². The third-order valence-electron chi connectivity index (χ3n) is 7.06. The van der Waals surface area contributed by atoms with E-state index in [9.17, 15) is 19.2 Å². The Morgan fingerprint density at radius 3 is 2.06 bits per heavy atom. The van der Waals surface area contributed by atoms with E-state index in [0.717, 1.165) is 11.3 Å². The molecule has 3 aliphatic rings. The molecule has 2 amide bonds. The number of ketones is 1. The van der Waals surface area contributed by atoms with Crippen LogP contribution < -0.4 is 4.74 Å². The summed E-state index contributed by atoms with van der Waals surface area (Å²) in [5, 5.41) is 0. The highest BCUT2D eigenvalue weighted by Gasteiger charge is 2.67. The van der Waals surface area contributed by atoms with Crippen LogP contribution in [0.25, 0.3) is 0 Å². The molecule has 1 aliphatic heterocycles. The maximum Gasteiger partial charge on any atom is 0.329 e. The lowest BCUT2D eigenvalue weighted by Gasteiger charge is -2.28. The van der Waals surface area contributed by atoms with Crippen LogP contribution >= 0.6 is 31.9 Å².